The topological polar surface area (TPSA) is 71.1 Å². The maximum Gasteiger partial charge on any atom is 0.509 e. The van der Waals surface area contributed by atoms with E-state index in [-0.39, 0.29) is 12.6 Å². The van der Waals surface area contributed by atoms with Crippen LogP contribution in [0.1, 0.15) is 27.2 Å². The number of fused-ring (bicyclic) bond motifs is 1. The molecule has 2 fully saturated rings. The van der Waals surface area contributed by atoms with E-state index in [9.17, 15) is 9.59 Å². The van der Waals surface area contributed by atoms with E-state index in [1.165, 1.54) is 0 Å². The molecule has 0 amide bonds. The van der Waals surface area contributed by atoms with Gasteiger partial charge < -0.3 is 18.9 Å². The van der Waals surface area contributed by atoms with Crippen molar-refractivity contribution in [3.8, 4) is 0 Å². The van der Waals surface area contributed by atoms with Crippen LogP contribution >= 0.6 is 0 Å². The maximum atomic E-state index is 11.8. The van der Waals surface area contributed by atoms with Crippen LogP contribution in [0, 0.1) is 5.41 Å². The summed E-state index contributed by atoms with van der Waals surface area (Å²) in [6.45, 7) is 5.68. The molecule has 0 aromatic rings. The number of hydrogen-bond donors (Lipinski definition) is 0. The van der Waals surface area contributed by atoms with Crippen LogP contribution in [0.25, 0.3) is 0 Å². The first-order valence-corrected chi connectivity index (χ1v) is 5.64. The van der Waals surface area contributed by atoms with Crippen LogP contribution in [-0.2, 0) is 23.7 Å². The second-order valence-corrected chi connectivity index (χ2v) is 4.83. The molecule has 2 heterocycles. The van der Waals surface area contributed by atoms with E-state index in [4.69, 9.17) is 18.9 Å². The van der Waals surface area contributed by atoms with Gasteiger partial charge in [0.05, 0.1) is 12.0 Å². The molecule has 3 atom stereocenters. The van der Waals surface area contributed by atoms with Gasteiger partial charge in [0.25, 0.3) is 0 Å². The Bertz CT molecular complexity index is 337. The normalized spacial score (nSPS) is 31.7. The zero-order chi connectivity index (χ0) is 12.6. The van der Waals surface area contributed by atoms with Crippen molar-refractivity contribution in [3.05, 3.63) is 0 Å². The second kappa shape index (κ2) is 4.18. The van der Waals surface area contributed by atoms with Crippen LogP contribution in [0.4, 0.5) is 4.79 Å². The number of carbonyl (C=O) groups is 2. The van der Waals surface area contributed by atoms with Crippen molar-refractivity contribution in [2.24, 2.45) is 5.41 Å². The van der Waals surface area contributed by atoms with Crippen molar-refractivity contribution < 1.29 is 28.5 Å². The van der Waals surface area contributed by atoms with Crippen LogP contribution < -0.4 is 0 Å². The third-order valence-corrected chi connectivity index (χ3v) is 3.20. The van der Waals surface area contributed by atoms with E-state index < -0.39 is 30.1 Å². The number of carbonyl (C=O) groups excluding carboxylic acids is 2. The predicted octanol–water partition coefficient (Wildman–Crippen LogP) is 1.23. The molecule has 0 aromatic carbocycles. The van der Waals surface area contributed by atoms with Crippen LogP contribution in [0.2, 0.25) is 0 Å². The Morgan fingerprint density at radius 3 is 2.82 bits per heavy atom. The van der Waals surface area contributed by atoms with Gasteiger partial charge in [-0.05, 0) is 20.3 Å². The highest BCUT2D eigenvalue weighted by Gasteiger charge is 2.51. The molecular formula is C11H16O6. The molecule has 96 valence electrons. The fourth-order valence-corrected chi connectivity index (χ4v) is 1.56. The first kappa shape index (κ1) is 12.2. The van der Waals surface area contributed by atoms with E-state index in [2.05, 4.69) is 0 Å². The number of ether oxygens (including phenoxy) is 4. The standard InChI is InChI=1S/C11H16O6/c1-4-11(2,3)9(12)17-8-7-6(5-14-8)15-10(13)16-7/h6-8H,4-5H2,1-3H3. The van der Waals surface area contributed by atoms with Crippen molar-refractivity contribution in [3.63, 3.8) is 0 Å². The molecule has 0 saturated carbocycles. The van der Waals surface area contributed by atoms with Gasteiger partial charge >= 0.3 is 12.1 Å². The van der Waals surface area contributed by atoms with E-state index in [1.807, 2.05) is 6.92 Å². The molecule has 0 aliphatic carbocycles. The molecule has 0 radical (unpaired) electrons. The molecule has 3 unspecified atom stereocenters. The molecule has 17 heavy (non-hydrogen) atoms. The summed E-state index contributed by atoms with van der Waals surface area (Å²) >= 11 is 0. The molecular weight excluding hydrogens is 228 g/mol. The van der Waals surface area contributed by atoms with Gasteiger partial charge in [-0.15, -0.1) is 0 Å². The first-order chi connectivity index (χ1) is 7.94. The average Bonchev–Trinajstić information content (AvgIpc) is 2.79. The van der Waals surface area contributed by atoms with Crippen LogP contribution in [0.5, 0.6) is 0 Å². The molecule has 6 heteroatoms. The van der Waals surface area contributed by atoms with E-state index in [0.29, 0.717) is 6.42 Å². The summed E-state index contributed by atoms with van der Waals surface area (Å²) in [5.74, 6) is -0.367. The monoisotopic (exact) mass is 244 g/mol. The molecule has 0 N–H and O–H groups in total. The lowest BCUT2D eigenvalue weighted by Gasteiger charge is -2.23. The summed E-state index contributed by atoms with van der Waals surface area (Å²) in [4.78, 5) is 22.7. The molecule has 6 nitrogen and oxygen atoms in total. The minimum absolute atomic E-state index is 0.195. The van der Waals surface area contributed by atoms with Crippen LogP contribution in [0.15, 0.2) is 0 Å². The van der Waals surface area contributed by atoms with Gasteiger partial charge in [0, 0.05) is 0 Å². The Labute approximate surface area is 99.2 Å². The predicted molar refractivity (Wildman–Crippen MR) is 55.0 cm³/mol. The van der Waals surface area contributed by atoms with E-state index in [1.54, 1.807) is 13.8 Å². The third-order valence-electron chi connectivity index (χ3n) is 3.20. The van der Waals surface area contributed by atoms with Gasteiger partial charge in [-0.3, -0.25) is 4.79 Å². The number of hydrogen-bond acceptors (Lipinski definition) is 6. The molecule has 2 saturated heterocycles. The van der Waals surface area contributed by atoms with Gasteiger partial charge in [0.2, 0.25) is 12.4 Å². The zero-order valence-electron chi connectivity index (χ0n) is 10.1. The average molecular weight is 244 g/mol. The SMILES string of the molecule is CCC(C)(C)C(=O)OC1OCC2OC(=O)OC21. The zero-order valence-corrected chi connectivity index (χ0v) is 10.1. The molecule has 2 rings (SSSR count). The minimum Gasteiger partial charge on any atom is -0.431 e. The summed E-state index contributed by atoms with van der Waals surface area (Å²) in [6.07, 6.45) is -2.05. The number of esters is 1. The Balaban J connectivity index is 1.96. The lowest BCUT2D eigenvalue weighted by molar-refractivity contribution is -0.191. The van der Waals surface area contributed by atoms with Crippen molar-refractivity contribution >= 4 is 12.1 Å². The van der Waals surface area contributed by atoms with E-state index >= 15 is 0 Å². The summed E-state index contributed by atoms with van der Waals surface area (Å²) < 4.78 is 20.2. The lowest BCUT2D eigenvalue weighted by atomic mass is 9.91. The van der Waals surface area contributed by atoms with Crippen LogP contribution in [-0.4, -0.2) is 37.2 Å². The van der Waals surface area contributed by atoms with Gasteiger partial charge in [-0.25, -0.2) is 4.79 Å². The second-order valence-electron chi connectivity index (χ2n) is 4.83. The molecule has 2 aliphatic heterocycles. The molecule has 0 spiro atoms. The summed E-state index contributed by atoms with van der Waals surface area (Å²) in [5, 5.41) is 0. The fourth-order valence-electron chi connectivity index (χ4n) is 1.56. The Morgan fingerprint density at radius 1 is 1.47 bits per heavy atom. The van der Waals surface area contributed by atoms with Gasteiger partial charge in [0.15, 0.2) is 6.10 Å². The Morgan fingerprint density at radius 2 is 2.18 bits per heavy atom. The van der Waals surface area contributed by atoms with Crippen molar-refractivity contribution in [1.82, 2.24) is 0 Å². The highest BCUT2D eigenvalue weighted by atomic mass is 16.8. The Kier molecular flexibility index (Phi) is 2.99. The third kappa shape index (κ3) is 2.22. The van der Waals surface area contributed by atoms with E-state index in [0.717, 1.165) is 0 Å². The van der Waals surface area contributed by atoms with Crippen molar-refractivity contribution in [2.45, 2.75) is 45.7 Å². The van der Waals surface area contributed by atoms with Gasteiger partial charge in [-0.1, -0.05) is 6.92 Å². The highest BCUT2D eigenvalue weighted by molar-refractivity contribution is 5.76. The fraction of sp³-hybridized carbons (Fsp3) is 0.818. The smallest absolute Gasteiger partial charge is 0.431 e. The first-order valence-electron chi connectivity index (χ1n) is 5.64. The summed E-state index contributed by atoms with van der Waals surface area (Å²) in [5.41, 5.74) is -0.578. The summed E-state index contributed by atoms with van der Waals surface area (Å²) in [7, 11) is 0. The number of rotatable bonds is 3. The van der Waals surface area contributed by atoms with Crippen molar-refractivity contribution in [1.29, 1.82) is 0 Å². The quantitative estimate of drug-likeness (QED) is 0.695. The lowest BCUT2D eigenvalue weighted by Crippen LogP contribution is -2.36. The molecule has 0 bridgehead atoms. The largest absolute Gasteiger partial charge is 0.509 e. The molecule has 2 aliphatic rings. The van der Waals surface area contributed by atoms with Gasteiger partial charge in [-0.2, -0.15) is 0 Å². The Hall–Kier alpha value is -1.30. The van der Waals surface area contributed by atoms with Crippen LogP contribution in [0.3, 0.4) is 0 Å². The minimum atomic E-state index is -0.857. The maximum absolute atomic E-state index is 11.8. The van der Waals surface area contributed by atoms with Gasteiger partial charge in [0.1, 0.15) is 0 Å². The molecule has 0 aromatic heterocycles. The summed E-state index contributed by atoms with van der Waals surface area (Å²) in [6, 6.07) is 0. The highest BCUT2D eigenvalue weighted by Crippen LogP contribution is 2.30. The van der Waals surface area contributed by atoms with Crippen molar-refractivity contribution in [2.75, 3.05) is 6.61 Å².